The second-order valence-corrected chi connectivity index (χ2v) is 14.1. The Morgan fingerprint density at radius 2 is 1.52 bits per heavy atom. The van der Waals surface area contributed by atoms with E-state index < -0.39 is 47.0 Å². The van der Waals surface area contributed by atoms with Crippen molar-refractivity contribution in [3.05, 3.63) is 30.5 Å². The van der Waals surface area contributed by atoms with E-state index >= 15 is 0 Å². The van der Waals surface area contributed by atoms with Crippen molar-refractivity contribution in [2.45, 2.75) is 104 Å². The first kappa shape index (κ1) is 46.8. The summed E-state index contributed by atoms with van der Waals surface area (Å²) in [5.41, 5.74) is 21.6. The van der Waals surface area contributed by atoms with Crippen LogP contribution in [0.25, 0.3) is 0 Å². The molecular weight excluding hydrogens is 698 g/mol. The van der Waals surface area contributed by atoms with Gasteiger partial charge in [-0.3, -0.25) is 33.8 Å². The monoisotopic (exact) mass is 762 g/mol. The molecule has 3 atom stereocenters. The number of primary amides is 1. The number of nitrogens with two attached hydrogens (primary N) is 4. The van der Waals surface area contributed by atoms with Crippen molar-refractivity contribution in [2.24, 2.45) is 39.3 Å². The molecule has 0 aliphatic heterocycles. The molecule has 54 heavy (non-hydrogen) atoms. The van der Waals surface area contributed by atoms with Crippen molar-refractivity contribution < 1.29 is 28.8 Å². The van der Waals surface area contributed by atoms with Gasteiger partial charge < -0.3 is 59.8 Å². The van der Waals surface area contributed by atoms with E-state index in [1.54, 1.807) is 6.20 Å². The lowest BCUT2D eigenvalue weighted by atomic mass is 9.90. The van der Waals surface area contributed by atoms with Gasteiger partial charge in [0.2, 0.25) is 35.4 Å². The Hall–Kier alpha value is -5.20. The first-order valence-corrected chi connectivity index (χ1v) is 18.4. The molecule has 6 amide bonds. The van der Waals surface area contributed by atoms with E-state index in [9.17, 15) is 28.8 Å². The molecule has 0 saturated carbocycles. The lowest BCUT2D eigenvalue weighted by Gasteiger charge is -2.27. The van der Waals surface area contributed by atoms with Crippen LogP contribution in [0.15, 0.2) is 29.8 Å². The molecule has 0 aliphatic rings. The summed E-state index contributed by atoms with van der Waals surface area (Å²) in [5, 5.41) is 16.8. The van der Waals surface area contributed by atoms with E-state index in [0.717, 1.165) is 18.5 Å². The molecule has 0 aliphatic carbocycles. The summed E-state index contributed by atoms with van der Waals surface area (Å²) < 4.78 is 0. The first-order chi connectivity index (χ1) is 25.4. The van der Waals surface area contributed by atoms with Crippen molar-refractivity contribution in [2.75, 3.05) is 32.7 Å². The molecule has 1 rings (SSSR count). The third-order valence-corrected chi connectivity index (χ3v) is 8.35. The highest BCUT2D eigenvalue weighted by Crippen LogP contribution is 2.17. The zero-order valence-corrected chi connectivity index (χ0v) is 32.2. The minimum atomic E-state index is -1.59. The number of aromatic amines is 1. The fraction of sp³-hybridized carbons (Fsp3) is 0.657. The smallest absolute Gasteiger partial charge is 0.243 e. The van der Waals surface area contributed by atoms with Crippen LogP contribution < -0.4 is 54.8 Å². The number of rotatable bonds is 28. The Balaban J connectivity index is 2.75. The highest BCUT2D eigenvalue weighted by Gasteiger charge is 2.38. The lowest BCUT2D eigenvalue weighted by molar-refractivity contribution is -0.143. The van der Waals surface area contributed by atoms with Crippen LogP contribution in [0.2, 0.25) is 0 Å². The van der Waals surface area contributed by atoms with Crippen LogP contribution in [-0.4, -0.2) is 102 Å². The predicted molar refractivity (Wildman–Crippen MR) is 206 cm³/mol. The molecule has 15 N–H and O–H groups in total. The molecule has 1 aromatic heterocycles. The van der Waals surface area contributed by atoms with E-state index in [1.165, 1.54) is 20.2 Å². The second-order valence-electron chi connectivity index (χ2n) is 14.1. The Kier molecular flexibility index (Phi) is 21.6. The van der Waals surface area contributed by atoms with Crippen molar-refractivity contribution in [3.63, 3.8) is 0 Å². The van der Waals surface area contributed by atoms with Crippen LogP contribution in [0.4, 0.5) is 0 Å². The van der Waals surface area contributed by atoms with Gasteiger partial charge in [-0.2, -0.15) is 0 Å². The van der Waals surface area contributed by atoms with Crippen LogP contribution in [0.5, 0.6) is 0 Å². The van der Waals surface area contributed by atoms with Crippen molar-refractivity contribution in [3.8, 4) is 0 Å². The fourth-order valence-electron chi connectivity index (χ4n) is 5.10. The maximum absolute atomic E-state index is 13.5. The van der Waals surface area contributed by atoms with Gasteiger partial charge in [-0.05, 0) is 64.8 Å². The van der Waals surface area contributed by atoms with Crippen LogP contribution >= 0.6 is 0 Å². The van der Waals surface area contributed by atoms with Gasteiger partial charge in [0.15, 0.2) is 5.96 Å². The Morgan fingerprint density at radius 3 is 2.13 bits per heavy atom. The highest BCUT2D eigenvalue weighted by molar-refractivity contribution is 6.05. The number of hydrogen-bond acceptors (Lipinski definition) is 10. The number of carbonyl (C=O) groups is 6. The van der Waals surface area contributed by atoms with Gasteiger partial charge >= 0.3 is 0 Å². The molecule has 304 valence electrons. The number of imidazole rings is 1. The van der Waals surface area contributed by atoms with Crippen molar-refractivity contribution in [1.82, 2.24) is 41.9 Å². The molecule has 3 unspecified atom stereocenters. The molecule has 0 bridgehead atoms. The number of guanidine groups is 1. The molecular formula is C35H63N13O6. The van der Waals surface area contributed by atoms with Crippen LogP contribution in [0.3, 0.4) is 0 Å². The fourth-order valence-corrected chi connectivity index (χ4v) is 5.10. The quantitative estimate of drug-likeness (QED) is 0.0197. The number of amides is 6. The maximum atomic E-state index is 13.5. The van der Waals surface area contributed by atoms with Gasteiger partial charge in [0.25, 0.3) is 0 Å². The molecule has 0 saturated heterocycles. The van der Waals surface area contributed by atoms with Gasteiger partial charge in [0.05, 0.1) is 18.9 Å². The molecule has 0 fully saturated rings. The maximum Gasteiger partial charge on any atom is 0.243 e. The average molecular weight is 762 g/mol. The summed E-state index contributed by atoms with van der Waals surface area (Å²) in [5.74, 6) is -3.16. The molecule has 0 aromatic carbocycles. The average Bonchev–Trinajstić information content (AvgIpc) is 3.61. The van der Waals surface area contributed by atoms with E-state index in [0.29, 0.717) is 50.4 Å². The summed E-state index contributed by atoms with van der Waals surface area (Å²) in [7, 11) is 0. The standard InChI is InChI=1S/C35H63N13O6/c1-22(2)18-27(23(3)36)46-29(50)20-40-14-7-6-8-15-42-30(51)25(10-9-16-44-34(38)39)47-31(52)26(11-12-28(37)49)48-33(54)35(4,5)32(53)43-17-13-24-19-41-21-45-24/h19,21-22,25-27,40H,3,6-18,20,36H2,1-2,4-5H3,(H2,37,49)(H,41,45)(H,42,51)(H,43,53)(H,46,50)(H,47,52)(H,48,54)(H4,38,39,44). The van der Waals surface area contributed by atoms with E-state index in [2.05, 4.69) is 53.4 Å². The van der Waals surface area contributed by atoms with E-state index in [4.69, 9.17) is 22.9 Å². The van der Waals surface area contributed by atoms with Crippen LogP contribution in [-0.2, 0) is 35.2 Å². The molecule has 19 nitrogen and oxygen atoms in total. The number of nitrogens with one attached hydrogen (secondary N) is 7. The Bertz CT molecular complexity index is 1390. The number of nitrogens with zero attached hydrogens (tertiary/aromatic N) is 2. The predicted octanol–water partition coefficient (Wildman–Crippen LogP) is -1.74. The molecule has 0 radical (unpaired) electrons. The summed E-state index contributed by atoms with van der Waals surface area (Å²) in [6, 6.07) is -2.58. The normalized spacial score (nSPS) is 12.8. The topological polar surface area (TPSA) is 320 Å². The Morgan fingerprint density at radius 1 is 0.833 bits per heavy atom. The lowest BCUT2D eigenvalue weighted by Crippen LogP contribution is -2.57. The number of aliphatic imine (C=N–C) groups is 1. The SMILES string of the molecule is C=C(N)C(CC(C)C)NC(=O)CNCCCCCNC(=O)C(CCCN=C(N)N)NC(=O)C(CCC(N)=O)NC(=O)C(C)(C)C(=O)NCCc1cnc[nH]1. The van der Waals surface area contributed by atoms with Gasteiger partial charge in [-0.15, -0.1) is 0 Å². The minimum absolute atomic E-state index is 0.117. The molecule has 19 heteroatoms. The number of carbonyl (C=O) groups excluding carboxylic acids is 6. The van der Waals surface area contributed by atoms with Gasteiger partial charge in [0, 0.05) is 50.1 Å². The minimum Gasteiger partial charge on any atom is -0.401 e. The van der Waals surface area contributed by atoms with Crippen LogP contribution in [0, 0.1) is 11.3 Å². The summed E-state index contributed by atoms with van der Waals surface area (Å²) >= 11 is 0. The second kappa shape index (κ2) is 24.9. The van der Waals surface area contributed by atoms with Gasteiger partial charge in [-0.1, -0.05) is 26.8 Å². The molecule has 0 spiro atoms. The molecule has 1 aromatic rings. The molecule has 1 heterocycles. The number of hydrogen-bond donors (Lipinski definition) is 11. The van der Waals surface area contributed by atoms with E-state index in [-0.39, 0.29) is 56.8 Å². The summed E-state index contributed by atoms with van der Waals surface area (Å²) in [6.45, 7) is 12.1. The number of aromatic nitrogens is 2. The third-order valence-electron chi connectivity index (χ3n) is 8.35. The van der Waals surface area contributed by atoms with E-state index in [1.807, 2.05) is 13.8 Å². The van der Waals surface area contributed by atoms with Crippen molar-refractivity contribution in [1.29, 1.82) is 0 Å². The highest BCUT2D eigenvalue weighted by atomic mass is 16.2. The Labute approximate surface area is 317 Å². The zero-order chi connectivity index (χ0) is 40.7. The van der Waals surface area contributed by atoms with Gasteiger partial charge in [0.1, 0.15) is 17.5 Å². The number of H-pyrrole nitrogens is 1. The largest absolute Gasteiger partial charge is 0.401 e. The van der Waals surface area contributed by atoms with Crippen molar-refractivity contribution >= 4 is 41.4 Å². The summed E-state index contributed by atoms with van der Waals surface area (Å²) in [6.07, 6.45) is 6.54. The zero-order valence-electron chi connectivity index (χ0n) is 32.2. The number of unbranched alkanes of at least 4 members (excludes halogenated alkanes) is 2. The summed E-state index contributed by atoms with van der Waals surface area (Å²) in [4.78, 5) is 87.8. The van der Waals surface area contributed by atoms with Crippen LogP contribution in [0.1, 0.15) is 84.8 Å². The van der Waals surface area contributed by atoms with Gasteiger partial charge in [-0.25, -0.2) is 4.98 Å². The first-order valence-electron chi connectivity index (χ1n) is 18.4. The third kappa shape index (κ3) is 19.6.